The van der Waals surface area contributed by atoms with Crippen molar-refractivity contribution in [3.05, 3.63) is 68.7 Å². The number of nitro benzene ring substituents is 1. The molecule has 0 amide bonds. The predicted molar refractivity (Wildman–Crippen MR) is 83.8 cm³/mol. The molecule has 4 nitrogen and oxygen atoms in total. The molecule has 6 heteroatoms. The Kier molecular flexibility index (Phi) is 3.55. The van der Waals surface area contributed by atoms with E-state index in [1.807, 2.05) is 31.2 Å². The van der Waals surface area contributed by atoms with Crippen LogP contribution in [0.5, 0.6) is 5.75 Å². The highest BCUT2D eigenvalue weighted by molar-refractivity contribution is 7.99. The Morgan fingerprint density at radius 3 is 2.67 bits per heavy atom. The van der Waals surface area contributed by atoms with Crippen LogP contribution in [-0.4, -0.2) is 4.92 Å². The van der Waals surface area contributed by atoms with Crippen molar-refractivity contribution in [2.45, 2.75) is 17.6 Å². The van der Waals surface area contributed by atoms with Crippen LogP contribution in [0, 0.1) is 10.1 Å². The number of halogens is 1. The van der Waals surface area contributed by atoms with E-state index in [4.69, 9.17) is 16.3 Å². The molecule has 0 saturated carbocycles. The lowest BCUT2D eigenvalue weighted by molar-refractivity contribution is -0.384. The molecule has 21 heavy (non-hydrogen) atoms. The van der Waals surface area contributed by atoms with E-state index in [-0.39, 0.29) is 5.69 Å². The van der Waals surface area contributed by atoms with Crippen molar-refractivity contribution >= 4 is 29.1 Å². The number of nitro groups is 1. The minimum Gasteiger partial charge on any atom is -0.472 e. The van der Waals surface area contributed by atoms with Crippen molar-refractivity contribution in [1.82, 2.24) is 0 Å². The molecule has 1 atom stereocenters. The number of nitrogens with zero attached hydrogens (tertiary/aromatic N) is 1. The van der Waals surface area contributed by atoms with Gasteiger partial charge in [-0.2, -0.15) is 0 Å². The summed E-state index contributed by atoms with van der Waals surface area (Å²) in [6.07, 6.45) is 0. The Bertz CT molecular complexity index is 705. The molecule has 3 rings (SSSR count). The molecule has 1 aliphatic rings. The third-order valence-electron chi connectivity index (χ3n) is 3.43. The van der Waals surface area contributed by atoms with E-state index >= 15 is 0 Å². The van der Waals surface area contributed by atoms with Crippen molar-refractivity contribution in [2.75, 3.05) is 0 Å². The number of fused-ring (bicyclic) bond motifs is 1. The van der Waals surface area contributed by atoms with Crippen molar-refractivity contribution in [3.63, 3.8) is 0 Å². The number of thioether (sulfide) groups is 1. The van der Waals surface area contributed by atoms with Gasteiger partial charge < -0.3 is 4.74 Å². The van der Waals surface area contributed by atoms with Gasteiger partial charge in [0.15, 0.2) is 4.93 Å². The largest absolute Gasteiger partial charge is 0.472 e. The van der Waals surface area contributed by atoms with Gasteiger partial charge >= 0.3 is 0 Å². The Labute approximate surface area is 131 Å². The second-order valence-corrected chi connectivity index (χ2v) is 6.69. The van der Waals surface area contributed by atoms with E-state index < -0.39 is 9.86 Å². The molecule has 0 bridgehead atoms. The van der Waals surface area contributed by atoms with Gasteiger partial charge in [0.2, 0.25) is 0 Å². The lowest BCUT2D eigenvalue weighted by Gasteiger charge is -2.35. The quantitative estimate of drug-likeness (QED) is 0.592. The van der Waals surface area contributed by atoms with Crippen LogP contribution in [0.25, 0.3) is 0 Å². The molecule has 108 valence electrons. The number of ether oxygens (including phenoxy) is 1. The molecule has 0 fully saturated rings. The smallest absolute Gasteiger partial charge is 0.270 e. The monoisotopic (exact) mass is 321 g/mol. The third-order valence-corrected chi connectivity index (χ3v) is 5.01. The zero-order valence-corrected chi connectivity index (χ0v) is 12.8. The fourth-order valence-corrected chi connectivity index (χ4v) is 3.48. The highest BCUT2D eigenvalue weighted by Gasteiger charge is 2.34. The minimum atomic E-state index is -0.520. The lowest BCUT2D eigenvalue weighted by atomic mass is 10.1. The van der Waals surface area contributed by atoms with Gasteiger partial charge in [-0.25, -0.2) is 0 Å². The van der Waals surface area contributed by atoms with Gasteiger partial charge in [0.25, 0.3) is 5.69 Å². The number of non-ortho nitro benzene ring substituents is 1. The standard InChI is InChI=1S/C15H12ClNO3S/c1-15(11-2-4-12(16)5-3-11)20-14-7-6-13(17(18)19)8-10(14)9-21-15/h2-8H,9H2,1H3. The SMILES string of the molecule is CC1(c2ccc(Cl)cc2)Oc2ccc([N+](=O)[O-])cc2CS1. The lowest BCUT2D eigenvalue weighted by Crippen LogP contribution is -2.29. The summed E-state index contributed by atoms with van der Waals surface area (Å²) in [6.45, 7) is 1.99. The summed E-state index contributed by atoms with van der Waals surface area (Å²) in [6, 6.07) is 12.2. The molecule has 1 heterocycles. The fraction of sp³-hybridized carbons (Fsp3) is 0.200. The topological polar surface area (TPSA) is 52.4 Å². The summed E-state index contributed by atoms with van der Waals surface area (Å²) < 4.78 is 6.08. The van der Waals surface area contributed by atoms with Crippen molar-refractivity contribution in [1.29, 1.82) is 0 Å². The highest BCUT2D eigenvalue weighted by Crippen LogP contribution is 2.47. The first-order valence-corrected chi connectivity index (χ1v) is 7.71. The number of benzene rings is 2. The zero-order valence-electron chi connectivity index (χ0n) is 11.2. The van der Waals surface area contributed by atoms with Gasteiger partial charge in [0.1, 0.15) is 5.75 Å². The van der Waals surface area contributed by atoms with E-state index in [0.29, 0.717) is 16.5 Å². The van der Waals surface area contributed by atoms with Gasteiger partial charge in [-0.1, -0.05) is 23.7 Å². The number of hydrogen-bond donors (Lipinski definition) is 0. The van der Waals surface area contributed by atoms with E-state index in [1.165, 1.54) is 6.07 Å². The summed E-state index contributed by atoms with van der Waals surface area (Å²) >= 11 is 7.51. The molecule has 1 unspecified atom stereocenters. The van der Waals surface area contributed by atoms with Crippen LogP contribution in [0.4, 0.5) is 5.69 Å². The summed E-state index contributed by atoms with van der Waals surface area (Å²) in [5, 5.41) is 11.5. The maximum Gasteiger partial charge on any atom is 0.270 e. The summed E-state index contributed by atoms with van der Waals surface area (Å²) in [5.74, 6) is 1.35. The van der Waals surface area contributed by atoms with Crippen LogP contribution in [0.3, 0.4) is 0 Å². The van der Waals surface area contributed by atoms with Gasteiger partial charge in [0, 0.05) is 34.0 Å². The molecular weight excluding hydrogens is 310 g/mol. The average molecular weight is 322 g/mol. The first kappa shape index (κ1) is 14.2. The molecule has 2 aromatic carbocycles. The summed E-state index contributed by atoms with van der Waals surface area (Å²) in [5.41, 5.74) is 1.95. The molecule has 0 radical (unpaired) electrons. The Hall–Kier alpha value is -1.72. The molecule has 0 saturated heterocycles. The van der Waals surface area contributed by atoms with Crippen LogP contribution in [0.1, 0.15) is 18.1 Å². The van der Waals surface area contributed by atoms with Crippen molar-refractivity contribution in [2.24, 2.45) is 0 Å². The second-order valence-electron chi connectivity index (χ2n) is 4.89. The second kappa shape index (κ2) is 5.24. The van der Waals surface area contributed by atoms with Gasteiger partial charge in [-0.15, -0.1) is 11.8 Å². The van der Waals surface area contributed by atoms with E-state index in [1.54, 1.807) is 23.9 Å². The zero-order chi connectivity index (χ0) is 15.0. The minimum absolute atomic E-state index is 0.0908. The molecule has 0 spiro atoms. The van der Waals surface area contributed by atoms with Crippen LogP contribution in [0.2, 0.25) is 5.02 Å². The van der Waals surface area contributed by atoms with Gasteiger partial charge in [-0.05, 0) is 25.1 Å². The number of hydrogen-bond acceptors (Lipinski definition) is 4. The molecule has 2 aromatic rings. The van der Waals surface area contributed by atoms with Gasteiger partial charge in [-0.3, -0.25) is 10.1 Å². The van der Waals surface area contributed by atoms with Crippen LogP contribution in [0.15, 0.2) is 42.5 Å². The van der Waals surface area contributed by atoms with Crippen molar-refractivity contribution < 1.29 is 9.66 Å². The summed E-state index contributed by atoms with van der Waals surface area (Å²) in [7, 11) is 0. The first-order valence-electron chi connectivity index (χ1n) is 6.34. The first-order chi connectivity index (χ1) is 9.98. The third kappa shape index (κ3) is 2.71. The van der Waals surface area contributed by atoms with Crippen molar-refractivity contribution in [3.8, 4) is 5.75 Å². The molecular formula is C15H12ClNO3S. The molecule has 0 aromatic heterocycles. The van der Waals surface area contributed by atoms with E-state index in [0.717, 1.165) is 11.1 Å². The Morgan fingerprint density at radius 2 is 2.00 bits per heavy atom. The normalized spacial score (nSPS) is 20.5. The van der Waals surface area contributed by atoms with E-state index in [9.17, 15) is 10.1 Å². The van der Waals surface area contributed by atoms with Crippen LogP contribution in [-0.2, 0) is 10.7 Å². The molecule has 0 N–H and O–H groups in total. The van der Waals surface area contributed by atoms with Gasteiger partial charge in [0.05, 0.1) is 4.92 Å². The maximum atomic E-state index is 10.8. The maximum absolute atomic E-state index is 10.8. The Morgan fingerprint density at radius 1 is 1.29 bits per heavy atom. The predicted octanol–water partition coefficient (Wildman–Crippen LogP) is 4.75. The highest BCUT2D eigenvalue weighted by atomic mass is 35.5. The van der Waals surface area contributed by atoms with Crippen LogP contribution >= 0.6 is 23.4 Å². The molecule has 1 aliphatic heterocycles. The fourth-order valence-electron chi connectivity index (χ4n) is 2.24. The molecule has 0 aliphatic carbocycles. The number of rotatable bonds is 2. The summed E-state index contributed by atoms with van der Waals surface area (Å²) in [4.78, 5) is 9.90. The average Bonchev–Trinajstić information content (AvgIpc) is 2.47. The van der Waals surface area contributed by atoms with E-state index in [2.05, 4.69) is 0 Å². The van der Waals surface area contributed by atoms with Crippen LogP contribution < -0.4 is 4.74 Å². The Balaban J connectivity index is 1.93.